The summed E-state index contributed by atoms with van der Waals surface area (Å²) in [6.45, 7) is 0. The minimum Gasteiger partial charge on any atom is -0.495 e. The molecule has 0 aliphatic heterocycles. The Bertz CT molecular complexity index is 423. The lowest BCUT2D eigenvalue weighted by atomic mass is 10.2. The normalized spacial score (nSPS) is 9.47. The Hall–Kier alpha value is -1.76. The van der Waals surface area contributed by atoms with Crippen LogP contribution < -0.4 is 19.9 Å². The fourth-order valence-electron chi connectivity index (χ4n) is 1.09. The Morgan fingerprint density at radius 3 is 2.27 bits per heavy atom. The molecule has 0 saturated heterocycles. The molecule has 1 aromatic rings. The average Bonchev–Trinajstić information content (AvgIpc) is 2.19. The molecule has 7 heteroatoms. The van der Waals surface area contributed by atoms with E-state index in [-0.39, 0.29) is 5.69 Å². The smallest absolute Gasteiger partial charge is 0.293 e. The van der Waals surface area contributed by atoms with Crippen LogP contribution in [0.15, 0.2) is 12.1 Å². The molecule has 1 rings (SSSR count). The van der Waals surface area contributed by atoms with Crippen molar-refractivity contribution in [1.29, 1.82) is 0 Å². The van der Waals surface area contributed by atoms with Crippen LogP contribution in [0.3, 0.4) is 0 Å². The summed E-state index contributed by atoms with van der Waals surface area (Å²) in [4.78, 5) is 0. The van der Waals surface area contributed by atoms with Gasteiger partial charge in [0.25, 0.3) is 10.9 Å². The second-order valence-corrected chi connectivity index (χ2v) is 3.30. The molecule has 0 unspecified atom stereocenters. The fraction of sp³-hybridized carbons (Fsp3) is 0.250. The summed E-state index contributed by atoms with van der Waals surface area (Å²) in [6, 6.07) is 2.93. The Morgan fingerprint density at radius 2 is 1.80 bits per heavy atom. The molecule has 0 saturated carbocycles. The van der Waals surface area contributed by atoms with Gasteiger partial charge in [-0.25, -0.2) is 0 Å². The van der Waals surface area contributed by atoms with E-state index in [1.165, 1.54) is 26.4 Å². The first-order valence-corrected chi connectivity index (χ1v) is 5.03. The van der Waals surface area contributed by atoms with Gasteiger partial charge in [0.15, 0.2) is 0 Å². The molecule has 15 heavy (non-hydrogen) atoms. The third-order valence-electron chi connectivity index (χ3n) is 1.75. The second kappa shape index (κ2) is 4.65. The van der Waals surface area contributed by atoms with Gasteiger partial charge < -0.3 is 15.2 Å². The van der Waals surface area contributed by atoms with E-state index in [1.807, 2.05) is 0 Å². The zero-order valence-electron chi connectivity index (χ0n) is 8.27. The molecule has 0 aliphatic carbocycles. The zero-order valence-corrected chi connectivity index (χ0v) is 9.09. The summed E-state index contributed by atoms with van der Waals surface area (Å²) in [7, 11) is 0.436. The highest BCUT2D eigenvalue weighted by Gasteiger charge is 2.09. The molecule has 0 aromatic heterocycles. The molecule has 3 N–H and O–H groups in total. The van der Waals surface area contributed by atoms with E-state index in [0.717, 1.165) is 0 Å². The number of hydrogen-bond acceptors (Lipinski definition) is 5. The molecule has 1 aromatic carbocycles. The summed E-state index contributed by atoms with van der Waals surface area (Å²) in [6.07, 6.45) is 0. The lowest BCUT2D eigenvalue weighted by Gasteiger charge is -2.10. The Balaban J connectivity index is 3.21. The van der Waals surface area contributed by atoms with Gasteiger partial charge in [-0.05, 0) is 0 Å². The third-order valence-corrected chi connectivity index (χ3v) is 2.13. The number of anilines is 2. The molecule has 0 atom stereocenters. The van der Waals surface area contributed by atoms with Crippen LogP contribution in [0.4, 0.5) is 11.4 Å². The number of nitrogens with one attached hydrogen (secondary N) is 1. The fourth-order valence-corrected chi connectivity index (χ4v) is 1.43. The quantitative estimate of drug-likeness (QED) is 0.736. The van der Waals surface area contributed by atoms with Gasteiger partial charge in [-0.2, -0.15) is 8.42 Å². The first-order valence-electron chi connectivity index (χ1n) is 3.96. The minimum absolute atomic E-state index is 0.275. The zero-order chi connectivity index (χ0) is 11.4. The number of methoxy groups -OCH3 is 2. The van der Waals surface area contributed by atoms with E-state index in [9.17, 15) is 8.42 Å². The van der Waals surface area contributed by atoms with Crippen LogP contribution in [0.2, 0.25) is 0 Å². The third kappa shape index (κ3) is 2.59. The molecule has 6 nitrogen and oxygen atoms in total. The number of nitrogens with two attached hydrogens (primary N) is 1. The average molecular weight is 231 g/mol. The Morgan fingerprint density at radius 1 is 1.20 bits per heavy atom. The molecular weight excluding hydrogens is 220 g/mol. The van der Waals surface area contributed by atoms with E-state index < -0.39 is 10.9 Å². The van der Waals surface area contributed by atoms with Crippen molar-refractivity contribution >= 4 is 22.3 Å². The molecule has 0 spiro atoms. The highest BCUT2D eigenvalue weighted by molar-refractivity contribution is 7.73. The van der Waals surface area contributed by atoms with Crippen LogP contribution in [-0.2, 0) is 10.9 Å². The molecule has 1 radical (unpaired) electrons. The van der Waals surface area contributed by atoms with Crippen molar-refractivity contribution in [3.63, 3.8) is 0 Å². The van der Waals surface area contributed by atoms with E-state index in [2.05, 4.69) is 4.72 Å². The van der Waals surface area contributed by atoms with E-state index in [1.54, 1.807) is 0 Å². The van der Waals surface area contributed by atoms with Gasteiger partial charge in [-0.1, -0.05) is 0 Å². The largest absolute Gasteiger partial charge is 0.495 e. The van der Waals surface area contributed by atoms with Gasteiger partial charge in [0.05, 0.1) is 25.6 Å². The minimum atomic E-state index is -2.42. The SMILES string of the molecule is COc1cc(N[S](=O)=O)c(OC)cc1N. The van der Waals surface area contributed by atoms with Crippen LogP contribution in [0.1, 0.15) is 0 Å². The number of hydrogen-bond donors (Lipinski definition) is 2. The predicted molar refractivity (Wildman–Crippen MR) is 56.5 cm³/mol. The monoisotopic (exact) mass is 231 g/mol. The van der Waals surface area contributed by atoms with Crippen molar-refractivity contribution in [2.45, 2.75) is 0 Å². The van der Waals surface area contributed by atoms with Gasteiger partial charge in [-0.3, -0.25) is 4.72 Å². The Labute approximate surface area is 89.1 Å². The molecule has 83 valence electrons. The molecular formula is C8H11N2O4S. The Kier molecular flexibility index (Phi) is 3.51. The van der Waals surface area contributed by atoms with Gasteiger partial charge in [0, 0.05) is 12.1 Å². The van der Waals surface area contributed by atoms with Gasteiger partial charge >= 0.3 is 0 Å². The maximum absolute atomic E-state index is 10.5. The summed E-state index contributed by atoms with van der Waals surface area (Å²) in [5.41, 5.74) is 6.27. The van der Waals surface area contributed by atoms with E-state index >= 15 is 0 Å². The van der Waals surface area contributed by atoms with Crippen molar-refractivity contribution in [2.24, 2.45) is 0 Å². The molecule has 0 aliphatic rings. The van der Waals surface area contributed by atoms with Crippen LogP contribution in [0.25, 0.3) is 0 Å². The van der Waals surface area contributed by atoms with Gasteiger partial charge in [0.1, 0.15) is 11.5 Å². The predicted octanol–water partition coefficient (Wildman–Crippen LogP) is 0.492. The van der Waals surface area contributed by atoms with Crippen molar-refractivity contribution in [3.8, 4) is 11.5 Å². The highest BCUT2D eigenvalue weighted by atomic mass is 32.2. The maximum Gasteiger partial charge on any atom is 0.293 e. The van der Waals surface area contributed by atoms with Crippen LogP contribution in [-0.4, -0.2) is 22.6 Å². The maximum atomic E-state index is 10.5. The number of rotatable bonds is 4. The summed E-state index contributed by atoms with van der Waals surface area (Å²) >= 11 is 0. The van der Waals surface area contributed by atoms with Gasteiger partial charge in [-0.15, -0.1) is 0 Å². The second-order valence-electron chi connectivity index (χ2n) is 2.63. The standard InChI is InChI=1S/C8H11N2O4S/c1-13-7-4-6(10-15(11)12)8(14-2)3-5(7)9/h3-4H,9H2,1-2H3,(H,10,11,12). The van der Waals surface area contributed by atoms with Crippen molar-refractivity contribution in [1.82, 2.24) is 0 Å². The number of ether oxygens (including phenoxy) is 2. The van der Waals surface area contributed by atoms with E-state index in [4.69, 9.17) is 15.2 Å². The first-order chi connectivity index (χ1) is 7.08. The number of nitrogen functional groups attached to an aromatic ring is 1. The molecule has 0 amide bonds. The van der Waals surface area contributed by atoms with Crippen LogP contribution >= 0.6 is 0 Å². The summed E-state index contributed by atoms with van der Waals surface area (Å²) < 4.78 is 33.0. The number of benzene rings is 1. The van der Waals surface area contributed by atoms with Crippen molar-refractivity contribution in [2.75, 3.05) is 24.7 Å². The molecule has 0 heterocycles. The first kappa shape index (κ1) is 11.3. The lowest BCUT2D eigenvalue weighted by molar-refractivity contribution is 0.407. The van der Waals surface area contributed by atoms with Crippen molar-refractivity contribution in [3.05, 3.63) is 12.1 Å². The van der Waals surface area contributed by atoms with Crippen molar-refractivity contribution < 1.29 is 17.9 Å². The molecule has 0 fully saturated rings. The topological polar surface area (TPSA) is 90.6 Å². The van der Waals surface area contributed by atoms with Crippen LogP contribution in [0.5, 0.6) is 11.5 Å². The van der Waals surface area contributed by atoms with Gasteiger partial charge in [0.2, 0.25) is 0 Å². The van der Waals surface area contributed by atoms with Crippen LogP contribution in [0, 0.1) is 0 Å². The molecule has 0 bridgehead atoms. The highest BCUT2D eigenvalue weighted by Crippen LogP contribution is 2.34. The summed E-state index contributed by atoms with van der Waals surface area (Å²) in [5.74, 6) is 0.709. The summed E-state index contributed by atoms with van der Waals surface area (Å²) in [5, 5.41) is 0. The lowest BCUT2D eigenvalue weighted by Crippen LogP contribution is -2.01. The van der Waals surface area contributed by atoms with E-state index in [0.29, 0.717) is 17.2 Å².